The Morgan fingerprint density at radius 1 is 1.00 bits per heavy atom. The minimum atomic E-state index is -0.0733. The monoisotopic (exact) mass is 321 g/mol. The number of hydrazone groups is 1. The van der Waals surface area contributed by atoms with Crippen LogP contribution in [0, 0.1) is 0 Å². The molecule has 0 atom stereocenters. The number of para-hydroxylation sites is 2. The Morgan fingerprint density at radius 3 is 2.43 bits per heavy atom. The van der Waals surface area contributed by atoms with E-state index in [1.807, 2.05) is 56.4 Å². The third-order valence-corrected chi connectivity index (χ3v) is 5.21. The van der Waals surface area contributed by atoms with Gasteiger partial charge in [0.1, 0.15) is 0 Å². The van der Waals surface area contributed by atoms with E-state index < -0.39 is 0 Å². The number of benzene rings is 2. The van der Waals surface area contributed by atoms with Crippen molar-refractivity contribution in [3.63, 3.8) is 0 Å². The van der Waals surface area contributed by atoms with E-state index in [2.05, 4.69) is 22.1 Å². The first kappa shape index (κ1) is 14.1. The molecular formula is C18H15N3OS. The summed E-state index contributed by atoms with van der Waals surface area (Å²) in [5.41, 5.74) is 3.34. The lowest BCUT2D eigenvalue weighted by Gasteiger charge is -2.16. The van der Waals surface area contributed by atoms with Crippen LogP contribution in [0.5, 0.6) is 0 Å². The van der Waals surface area contributed by atoms with Gasteiger partial charge in [0.25, 0.3) is 5.91 Å². The second-order valence-electron chi connectivity index (χ2n) is 5.45. The number of hydrogen-bond donors (Lipinski definition) is 0. The lowest BCUT2D eigenvalue weighted by atomic mass is 10.2. The molecule has 0 spiro atoms. The molecule has 2 aliphatic rings. The van der Waals surface area contributed by atoms with E-state index in [-0.39, 0.29) is 5.91 Å². The van der Waals surface area contributed by atoms with E-state index in [9.17, 15) is 4.79 Å². The molecule has 0 unspecified atom stereocenters. The quantitative estimate of drug-likeness (QED) is 0.748. The molecule has 2 aromatic carbocycles. The summed E-state index contributed by atoms with van der Waals surface area (Å²) in [6, 6.07) is 17.7. The third kappa shape index (κ3) is 2.16. The molecular weight excluding hydrogens is 306 g/mol. The number of anilines is 2. The molecule has 0 aromatic heterocycles. The molecule has 114 valence electrons. The molecule has 5 heteroatoms. The zero-order valence-electron chi connectivity index (χ0n) is 12.9. The van der Waals surface area contributed by atoms with Crippen molar-refractivity contribution < 1.29 is 4.79 Å². The molecule has 0 aliphatic carbocycles. The van der Waals surface area contributed by atoms with Gasteiger partial charge in [-0.3, -0.25) is 4.79 Å². The van der Waals surface area contributed by atoms with Crippen LogP contribution in [0.25, 0.3) is 0 Å². The fourth-order valence-electron chi connectivity index (χ4n) is 2.82. The maximum absolute atomic E-state index is 12.9. The molecule has 1 amide bonds. The van der Waals surface area contributed by atoms with Gasteiger partial charge < -0.3 is 4.90 Å². The summed E-state index contributed by atoms with van der Waals surface area (Å²) in [6.45, 7) is 1.89. The van der Waals surface area contributed by atoms with Gasteiger partial charge in [0.2, 0.25) is 0 Å². The van der Waals surface area contributed by atoms with E-state index in [0.29, 0.717) is 5.57 Å². The number of hydrogen-bond acceptors (Lipinski definition) is 4. The summed E-state index contributed by atoms with van der Waals surface area (Å²) >= 11 is 1.62. The lowest BCUT2D eigenvalue weighted by molar-refractivity contribution is -0.114. The molecule has 2 aromatic rings. The molecule has 0 radical (unpaired) electrons. The van der Waals surface area contributed by atoms with Gasteiger partial charge >= 0.3 is 0 Å². The van der Waals surface area contributed by atoms with Crippen molar-refractivity contribution in [1.82, 2.24) is 0 Å². The molecule has 2 aliphatic heterocycles. The molecule has 2 heterocycles. The van der Waals surface area contributed by atoms with Gasteiger partial charge in [-0.05, 0) is 31.2 Å². The standard InChI is InChI=1S/C18H15N3OS/c1-12-16(17(22)21(19-12)13-8-4-3-5-9-13)18-20(2)14-10-6-7-11-15(14)23-18/h3-11H,1-2H3. The Bertz CT molecular complexity index is 858. The first-order chi connectivity index (χ1) is 11.2. The van der Waals surface area contributed by atoms with E-state index in [1.54, 1.807) is 11.8 Å². The number of amides is 1. The van der Waals surface area contributed by atoms with Crippen LogP contribution < -0.4 is 9.91 Å². The molecule has 0 bridgehead atoms. The largest absolute Gasteiger partial charge is 0.337 e. The van der Waals surface area contributed by atoms with E-state index in [0.717, 1.165) is 27.0 Å². The van der Waals surface area contributed by atoms with Crippen LogP contribution in [-0.4, -0.2) is 18.7 Å². The van der Waals surface area contributed by atoms with Gasteiger partial charge in [0.15, 0.2) is 0 Å². The minimum absolute atomic E-state index is 0.0733. The average Bonchev–Trinajstić information content (AvgIpc) is 3.05. The second kappa shape index (κ2) is 5.28. The van der Waals surface area contributed by atoms with Gasteiger partial charge in [0.05, 0.1) is 27.7 Å². The summed E-state index contributed by atoms with van der Waals surface area (Å²) in [5.74, 6) is -0.0733. The highest BCUT2D eigenvalue weighted by atomic mass is 32.2. The lowest BCUT2D eigenvalue weighted by Crippen LogP contribution is -2.24. The molecule has 0 N–H and O–H groups in total. The number of thioether (sulfide) groups is 1. The first-order valence-electron chi connectivity index (χ1n) is 7.37. The molecule has 0 saturated carbocycles. The molecule has 4 rings (SSSR count). The fraction of sp³-hybridized carbons (Fsp3) is 0.111. The van der Waals surface area contributed by atoms with E-state index in [1.165, 1.54) is 5.01 Å². The predicted octanol–water partition coefficient (Wildman–Crippen LogP) is 3.86. The van der Waals surface area contributed by atoms with Crippen molar-refractivity contribution in [2.75, 3.05) is 17.0 Å². The number of fused-ring (bicyclic) bond motifs is 1. The summed E-state index contributed by atoms with van der Waals surface area (Å²) in [6.07, 6.45) is 0. The number of rotatable bonds is 1. The van der Waals surface area contributed by atoms with Crippen LogP contribution >= 0.6 is 11.8 Å². The van der Waals surface area contributed by atoms with Crippen molar-refractivity contribution in [3.8, 4) is 0 Å². The smallest absolute Gasteiger partial charge is 0.283 e. The molecule has 0 fully saturated rings. The third-order valence-electron chi connectivity index (χ3n) is 3.97. The number of carbonyl (C=O) groups excluding carboxylic acids is 1. The van der Waals surface area contributed by atoms with E-state index >= 15 is 0 Å². The van der Waals surface area contributed by atoms with Crippen molar-refractivity contribution in [3.05, 3.63) is 65.2 Å². The van der Waals surface area contributed by atoms with Crippen molar-refractivity contribution in [2.45, 2.75) is 11.8 Å². The Kier molecular flexibility index (Phi) is 3.23. The van der Waals surface area contributed by atoms with Gasteiger partial charge in [-0.1, -0.05) is 42.1 Å². The van der Waals surface area contributed by atoms with Gasteiger partial charge in [-0.15, -0.1) is 0 Å². The van der Waals surface area contributed by atoms with Crippen LogP contribution in [0.1, 0.15) is 6.92 Å². The number of nitrogens with zero attached hydrogens (tertiary/aromatic N) is 3. The molecule has 4 nitrogen and oxygen atoms in total. The Labute approximate surface area is 139 Å². The maximum Gasteiger partial charge on any atom is 0.283 e. The van der Waals surface area contributed by atoms with Gasteiger partial charge in [-0.25, -0.2) is 0 Å². The topological polar surface area (TPSA) is 35.9 Å². The van der Waals surface area contributed by atoms with Gasteiger partial charge in [-0.2, -0.15) is 10.1 Å². The van der Waals surface area contributed by atoms with Crippen LogP contribution in [-0.2, 0) is 4.79 Å². The van der Waals surface area contributed by atoms with Crippen molar-refractivity contribution >= 4 is 34.8 Å². The van der Waals surface area contributed by atoms with E-state index in [4.69, 9.17) is 0 Å². The summed E-state index contributed by atoms with van der Waals surface area (Å²) < 4.78 is 0. The van der Waals surface area contributed by atoms with Crippen molar-refractivity contribution in [2.24, 2.45) is 5.10 Å². The molecule has 23 heavy (non-hydrogen) atoms. The van der Waals surface area contributed by atoms with Crippen LogP contribution in [0.3, 0.4) is 0 Å². The van der Waals surface area contributed by atoms with Crippen molar-refractivity contribution in [1.29, 1.82) is 0 Å². The Hall–Kier alpha value is -2.53. The fourth-order valence-corrected chi connectivity index (χ4v) is 4.05. The average molecular weight is 321 g/mol. The normalized spacial score (nSPS) is 20.1. The maximum atomic E-state index is 12.9. The zero-order chi connectivity index (χ0) is 16.0. The van der Waals surface area contributed by atoms with Crippen LogP contribution in [0.4, 0.5) is 11.4 Å². The summed E-state index contributed by atoms with van der Waals surface area (Å²) in [7, 11) is 1.99. The second-order valence-corrected chi connectivity index (χ2v) is 6.48. The number of carbonyl (C=O) groups is 1. The Morgan fingerprint density at radius 2 is 1.70 bits per heavy atom. The first-order valence-corrected chi connectivity index (χ1v) is 8.18. The highest BCUT2D eigenvalue weighted by molar-refractivity contribution is 8.03. The minimum Gasteiger partial charge on any atom is -0.337 e. The summed E-state index contributed by atoms with van der Waals surface area (Å²) in [4.78, 5) is 16.1. The highest BCUT2D eigenvalue weighted by Gasteiger charge is 2.36. The predicted molar refractivity (Wildman–Crippen MR) is 94.8 cm³/mol. The summed E-state index contributed by atoms with van der Waals surface area (Å²) in [5, 5.41) is 6.89. The SMILES string of the molecule is CC1=NN(c2ccccc2)C(=O)C1=C1Sc2ccccc2N1C. The zero-order valence-corrected chi connectivity index (χ0v) is 13.7. The molecule has 0 saturated heterocycles. The Balaban J connectivity index is 1.77. The van der Waals surface area contributed by atoms with Gasteiger partial charge in [0, 0.05) is 11.9 Å². The van der Waals surface area contributed by atoms with Crippen LogP contribution in [0.2, 0.25) is 0 Å². The highest BCUT2D eigenvalue weighted by Crippen LogP contribution is 2.47. The van der Waals surface area contributed by atoms with Crippen LogP contribution in [0.15, 0.2) is 75.2 Å².